The number of furan rings is 1. The third-order valence-electron chi connectivity index (χ3n) is 5.46. The molecule has 4 nitrogen and oxygen atoms in total. The highest BCUT2D eigenvalue weighted by Crippen LogP contribution is 2.39. The summed E-state index contributed by atoms with van der Waals surface area (Å²) in [4.78, 5) is 0. The second-order valence-electron chi connectivity index (χ2n) is 7.52. The van der Waals surface area contributed by atoms with Crippen molar-refractivity contribution in [1.29, 1.82) is 0 Å². The van der Waals surface area contributed by atoms with Crippen LogP contribution < -0.4 is 3.89 Å². The van der Waals surface area contributed by atoms with Gasteiger partial charge < -0.3 is 4.42 Å². The van der Waals surface area contributed by atoms with E-state index in [4.69, 9.17) is 4.42 Å². The molecule has 0 aliphatic carbocycles. The van der Waals surface area contributed by atoms with Gasteiger partial charge >= 0.3 is 0 Å². The molecular weight excluding hydrogens is 394 g/mol. The normalized spacial score (nSPS) is 14.2. The highest BCUT2D eigenvalue weighted by molar-refractivity contribution is 7.90. The van der Waals surface area contributed by atoms with Gasteiger partial charge in [-0.25, -0.2) is 0 Å². The van der Waals surface area contributed by atoms with E-state index < -0.39 is 10.0 Å². The first-order chi connectivity index (χ1) is 14.4. The van der Waals surface area contributed by atoms with Crippen molar-refractivity contribution in [1.82, 2.24) is 3.89 Å². The lowest BCUT2D eigenvalue weighted by atomic mass is 10.0. The van der Waals surface area contributed by atoms with Gasteiger partial charge in [0, 0.05) is 17.0 Å². The van der Waals surface area contributed by atoms with Crippen molar-refractivity contribution in [2.24, 2.45) is 0 Å². The molecule has 1 aromatic heterocycles. The highest BCUT2D eigenvalue weighted by Gasteiger charge is 2.38. The Morgan fingerprint density at radius 1 is 0.933 bits per heavy atom. The molecule has 30 heavy (non-hydrogen) atoms. The molecule has 1 atom stereocenters. The number of rotatable bonds is 6. The van der Waals surface area contributed by atoms with E-state index in [1.54, 1.807) is 13.3 Å². The first-order valence-corrected chi connectivity index (χ1v) is 11.6. The van der Waals surface area contributed by atoms with Gasteiger partial charge in [-0.05, 0) is 29.3 Å². The molecule has 0 spiro atoms. The second kappa shape index (κ2) is 7.94. The van der Waals surface area contributed by atoms with E-state index in [1.807, 2.05) is 91.0 Å². The van der Waals surface area contributed by atoms with Gasteiger partial charge in [0.05, 0.1) is 19.6 Å². The van der Waals surface area contributed by atoms with Crippen LogP contribution >= 0.6 is 0 Å². The number of sulfonamides is 1. The molecule has 0 aliphatic heterocycles. The summed E-state index contributed by atoms with van der Waals surface area (Å²) in [5, 5.41) is 0.942. The standard InChI is InChI=1S/C25H24NO3S/c1-26(30(2,27)28,16-9-12-20-10-5-3-6-11-20)24-19-25-22(15-17-29-25)18-23(24)21-13-7-4-8-14-21/h3-15,17-19H,16H2,1-2H3/q+1. The summed E-state index contributed by atoms with van der Waals surface area (Å²) in [6, 6.07) is 25.5. The van der Waals surface area contributed by atoms with Gasteiger partial charge in [0.2, 0.25) is 0 Å². The number of hydrogen-bond acceptors (Lipinski definition) is 3. The van der Waals surface area contributed by atoms with Crippen molar-refractivity contribution in [3.63, 3.8) is 0 Å². The predicted molar refractivity (Wildman–Crippen MR) is 125 cm³/mol. The summed E-state index contributed by atoms with van der Waals surface area (Å²) in [7, 11) is -1.77. The van der Waals surface area contributed by atoms with E-state index in [0.29, 0.717) is 17.8 Å². The fraction of sp³-hybridized carbons (Fsp3) is 0.120. The number of hydrogen-bond donors (Lipinski definition) is 0. The number of nitrogens with zero attached hydrogens (tertiary/aromatic N) is 1. The Morgan fingerprint density at radius 3 is 2.27 bits per heavy atom. The van der Waals surface area contributed by atoms with Gasteiger partial charge in [-0.1, -0.05) is 66.7 Å². The van der Waals surface area contributed by atoms with Gasteiger partial charge in [0.25, 0.3) is 10.0 Å². The van der Waals surface area contributed by atoms with Crippen LogP contribution in [0.2, 0.25) is 0 Å². The average molecular weight is 419 g/mol. The van der Waals surface area contributed by atoms with Crippen molar-refractivity contribution >= 4 is 32.8 Å². The lowest BCUT2D eigenvalue weighted by Crippen LogP contribution is -2.50. The average Bonchev–Trinajstić information content (AvgIpc) is 3.21. The first kappa shape index (κ1) is 20.1. The van der Waals surface area contributed by atoms with Gasteiger partial charge in [-0.15, -0.1) is 0 Å². The smallest absolute Gasteiger partial charge is 0.299 e. The lowest BCUT2D eigenvalue weighted by Gasteiger charge is -2.31. The van der Waals surface area contributed by atoms with Crippen molar-refractivity contribution < 1.29 is 12.8 Å². The highest BCUT2D eigenvalue weighted by atomic mass is 32.2. The van der Waals surface area contributed by atoms with Gasteiger partial charge in [-0.2, -0.15) is 12.3 Å². The Hall–Kier alpha value is -3.15. The molecule has 152 valence electrons. The lowest BCUT2D eigenvalue weighted by molar-refractivity contribution is 0.496. The molecular formula is C25H24NO3S+. The number of quaternary nitrogens is 1. The van der Waals surface area contributed by atoms with E-state index in [0.717, 1.165) is 22.1 Å². The fourth-order valence-corrected chi connectivity index (χ4v) is 4.47. The molecule has 0 saturated heterocycles. The topological polar surface area (TPSA) is 47.3 Å². The van der Waals surface area contributed by atoms with E-state index in [2.05, 4.69) is 0 Å². The molecule has 0 radical (unpaired) electrons. The zero-order valence-electron chi connectivity index (χ0n) is 17.0. The molecule has 1 heterocycles. The predicted octanol–water partition coefficient (Wildman–Crippen LogP) is 5.71. The Balaban J connectivity index is 1.87. The van der Waals surface area contributed by atoms with Gasteiger partial charge in [0.1, 0.15) is 12.1 Å². The Kier molecular flexibility index (Phi) is 5.33. The third-order valence-corrected chi connectivity index (χ3v) is 7.27. The van der Waals surface area contributed by atoms with Crippen LogP contribution in [-0.4, -0.2) is 28.3 Å². The van der Waals surface area contributed by atoms with Crippen LogP contribution in [0.4, 0.5) is 5.69 Å². The molecule has 1 unspecified atom stereocenters. The molecule has 0 saturated carbocycles. The van der Waals surface area contributed by atoms with Crippen LogP contribution in [0.1, 0.15) is 5.56 Å². The zero-order chi connectivity index (χ0) is 21.2. The third kappa shape index (κ3) is 3.82. The molecule has 0 amide bonds. The van der Waals surface area contributed by atoms with E-state index in [-0.39, 0.29) is 3.89 Å². The maximum atomic E-state index is 13.1. The van der Waals surface area contributed by atoms with Crippen molar-refractivity contribution in [3.8, 4) is 11.1 Å². The van der Waals surface area contributed by atoms with Crippen molar-refractivity contribution in [2.75, 3.05) is 19.8 Å². The van der Waals surface area contributed by atoms with E-state index in [1.165, 1.54) is 6.26 Å². The summed E-state index contributed by atoms with van der Waals surface area (Å²) in [5.41, 5.74) is 4.23. The van der Waals surface area contributed by atoms with Crippen LogP contribution in [0, 0.1) is 0 Å². The molecule has 0 bridgehead atoms. The van der Waals surface area contributed by atoms with Crippen LogP contribution in [0.25, 0.3) is 28.2 Å². The molecule has 4 aromatic rings. The second-order valence-corrected chi connectivity index (χ2v) is 9.80. The number of fused-ring (bicyclic) bond motifs is 1. The Morgan fingerprint density at radius 2 is 1.60 bits per heavy atom. The maximum absolute atomic E-state index is 13.1. The minimum atomic E-state index is -3.51. The summed E-state index contributed by atoms with van der Waals surface area (Å²) in [6.45, 7) is 0.291. The zero-order valence-corrected chi connectivity index (χ0v) is 17.8. The number of likely N-dealkylation sites (N-methyl/N-ethyl adjacent to an activating group) is 1. The molecule has 5 heteroatoms. The van der Waals surface area contributed by atoms with Crippen molar-refractivity contribution in [2.45, 2.75) is 0 Å². The molecule has 0 N–H and O–H groups in total. The SMILES string of the molecule is C[N+](CC=Cc1ccccc1)(c1cc2occc2cc1-c1ccccc1)S(C)(=O)=O. The van der Waals surface area contributed by atoms with Gasteiger partial charge in [-0.3, -0.25) is 0 Å². The minimum absolute atomic E-state index is 0.267. The molecule has 3 aromatic carbocycles. The molecule has 4 rings (SSSR count). The summed E-state index contributed by atoms with van der Waals surface area (Å²) >= 11 is 0. The van der Waals surface area contributed by atoms with Gasteiger partial charge in [0.15, 0.2) is 5.69 Å². The molecule has 0 fully saturated rings. The van der Waals surface area contributed by atoms with E-state index in [9.17, 15) is 8.42 Å². The fourth-order valence-electron chi connectivity index (χ4n) is 3.61. The summed E-state index contributed by atoms with van der Waals surface area (Å²) < 4.78 is 31.5. The number of benzene rings is 3. The Bertz CT molecular complexity index is 1290. The summed E-state index contributed by atoms with van der Waals surface area (Å²) in [6.07, 6.45) is 6.78. The van der Waals surface area contributed by atoms with Crippen molar-refractivity contribution in [3.05, 3.63) is 96.8 Å². The molecule has 0 aliphatic rings. The van der Waals surface area contributed by atoms with Crippen LogP contribution in [0.5, 0.6) is 0 Å². The maximum Gasteiger partial charge on any atom is 0.299 e. The van der Waals surface area contributed by atoms with E-state index >= 15 is 0 Å². The summed E-state index contributed by atoms with van der Waals surface area (Å²) in [5.74, 6) is 0. The first-order valence-electron chi connectivity index (χ1n) is 9.73. The van der Waals surface area contributed by atoms with Crippen LogP contribution in [-0.2, 0) is 10.0 Å². The minimum Gasteiger partial charge on any atom is -0.464 e. The van der Waals surface area contributed by atoms with Crippen LogP contribution in [0.15, 0.2) is 95.6 Å². The Labute approximate surface area is 177 Å². The van der Waals surface area contributed by atoms with Crippen LogP contribution in [0.3, 0.4) is 0 Å². The quantitative estimate of drug-likeness (QED) is 0.377. The monoisotopic (exact) mass is 418 g/mol. The largest absolute Gasteiger partial charge is 0.464 e.